The van der Waals surface area contributed by atoms with Crippen LogP contribution in [0.1, 0.15) is 53.4 Å². The van der Waals surface area contributed by atoms with Gasteiger partial charge < -0.3 is 0 Å². The Morgan fingerprint density at radius 1 is 1.09 bits per heavy atom. The van der Waals surface area contributed by atoms with Crippen LogP contribution in [0.15, 0.2) is 0 Å². The maximum Gasteiger partial charge on any atom is -0.0358 e. The third-order valence-corrected chi connectivity index (χ3v) is 2.57. The van der Waals surface area contributed by atoms with E-state index in [1.54, 1.807) is 0 Å². The second kappa shape index (κ2) is 6.69. The van der Waals surface area contributed by atoms with Crippen molar-refractivity contribution in [2.24, 2.45) is 11.8 Å². The topological polar surface area (TPSA) is 0 Å². The van der Waals surface area contributed by atoms with Gasteiger partial charge in [0.1, 0.15) is 0 Å². The lowest BCUT2D eigenvalue weighted by molar-refractivity contribution is 0.490. The van der Waals surface area contributed by atoms with Crippen LogP contribution in [0.5, 0.6) is 0 Å². The van der Waals surface area contributed by atoms with E-state index in [0.717, 1.165) is 11.8 Å². The first-order chi connectivity index (χ1) is 5.20. The lowest BCUT2D eigenvalue weighted by Gasteiger charge is -2.10. The first kappa shape index (κ1) is 11.0. The molecule has 0 bridgehead atoms. The molecule has 1 radical (unpaired) electrons. The zero-order valence-electron chi connectivity index (χ0n) is 8.56. The second-order valence-electron chi connectivity index (χ2n) is 3.71. The Morgan fingerprint density at radius 3 is 2.18 bits per heavy atom. The van der Waals surface area contributed by atoms with Crippen LogP contribution in [0.4, 0.5) is 0 Å². The summed E-state index contributed by atoms with van der Waals surface area (Å²) in [4.78, 5) is 0. The minimum Gasteiger partial charge on any atom is -0.0651 e. The molecule has 0 spiro atoms. The molecule has 0 heteroatoms. The molecule has 0 nitrogen and oxygen atoms in total. The van der Waals surface area contributed by atoms with Crippen molar-refractivity contribution in [3.63, 3.8) is 0 Å². The van der Waals surface area contributed by atoms with Gasteiger partial charge in [-0.05, 0) is 24.7 Å². The average Bonchev–Trinajstić information content (AvgIpc) is 2.04. The molecule has 0 aliphatic carbocycles. The lowest BCUT2D eigenvalue weighted by Crippen LogP contribution is -1.97. The lowest BCUT2D eigenvalue weighted by atomic mass is 9.96. The molecule has 0 aromatic heterocycles. The van der Waals surface area contributed by atoms with Gasteiger partial charge in [0.25, 0.3) is 0 Å². The van der Waals surface area contributed by atoms with Gasteiger partial charge in [0.2, 0.25) is 0 Å². The van der Waals surface area contributed by atoms with Gasteiger partial charge in [0.15, 0.2) is 0 Å². The molecule has 0 aromatic rings. The molecule has 0 fully saturated rings. The fourth-order valence-corrected chi connectivity index (χ4v) is 1.04. The highest BCUT2D eigenvalue weighted by Crippen LogP contribution is 2.15. The van der Waals surface area contributed by atoms with Gasteiger partial charge in [-0.25, -0.2) is 0 Å². The van der Waals surface area contributed by atoms with Crippen LogP contribution < -0.4 is 0 Å². The van der Waals surface area contributed by atoms with Crippen LogP contribution in [-0.2, 0) is 0 Å². The van der Waals surface area contributed by atoms with Crippen LogP contribution in [0.3, 0.4) is 0 Å². The zero-order valence-corrected chi connectivity index (χ0v) is 8.56. The fraction of sp³-hybridized carbons (Fsp3) is 0.909. The van der Waals surface area contributed by atoms with Crippen molar-refractivity contribution in [3.8, 4) is 0 Å². The van der Waals surface area contributed by atoms with E-state index in [9.17, 15) is 0 Å². The quantitative estimate of drug-likeness (QED) is 0.542. The van der Waals surface area contributed by atoms with E-state index in [1.165, 1.54) is 25.7 Å². The summed E-state index contributed by atoms with van der Waals surface area (Å²) >= 11 is 0. The van der Waals surface area contributed by atoms with Crippen molar-refractivity contribution >= 4 is 0 Å². The summed E-state index contributed by atoms with van der Waals surface area (Å²) in [5.41, 5.74) is 0. The van der Waals surface area contributed by atoms with E-state index >= 15 is 0 Å². The van der Waals surface area contributed by atoms with Crippen LogP contribution in [0.25, 0.3) is 0 Å². The molecule has 0 aliphatic heterocycles. The first-order valence-electron chi connectivity index (χ1n) is 5.04. The van der Waals surface area contributed by atoms with Crippen molar-refractivity contribution in [1.82, 2.24) is 0 Å². The number of hydrogen-bond donors (Lipinski definition) is 0. The summed E-state index contributed by atoms with van der Waals surface area (Å²) < 4.78 is 0. The van der Waals surface area contributed by atoms with Gasteiger partial charge in [0.05, 0.1) is 0 Å². The van der Waals surface area contributed by atoms with Crippen molar-refractivity contribution in [1.29, 1.82) is 0 Å². The minimum atomic E-state index is 0.819. The summed E-state index contributed by atoms with van der Waals surface area (Å²) in [6, 6.07) is 0. The number of hydrogen-bond acceptors (Lipinski definition) is 0. The Morgan fingerprint density at radius 2 is 1.73 bits per heavy atom. The summed E-state index contributed by atoms with van der Waals surface area (Å²) in [5, 5.41) is 0. The molecule has 0 heterocycles. The molecule has 2 unspecified atom stereocenters. The third-order valence-electron chi connectivity index (χ3n) is 2.57. The first-order valence-corrected chi connectivity index (χ1v) is 5.04. The highest BCUT2D eigenvalue weighted by molar-refractivity contribution is 4.71. The number of rotatable bonds is 6. The standard InChI is InChI=1S/C11H23/c1-5-10(3)8-7-9-11(4)6-2/h8,10-11H,5-7,9H2,1-4H3. The van der Waals surface area contributed by atoms with Gasteiger partial charge >= 0.3 is 0 Å². The van der Waals surface area contributed by atoms with Crippen LogP contribution >= 0.6 is 0 Å². The smallest absolute Gasteiger partial charge is 0.0358 e. The summed E-state index contributed by atoms with van der Waals surface area (Å²) in [6.45, 7) is 9.17. The average molecular weight is 155 g/mol. The Balaban J connectivity index is 3.13. The molecule has 67 valence electrons. The Kier molecular flexibility index (Phi) is 6.69. The molecule has 0 amide bonds. The van der Waals surface area contributed by atoms with Crippen LogP contribution in [0.2, 0.25) is 0 Å². The molecule has 0 saturated heterocycles. The SMILES string of the molecule is CCC(C)[CH]CCC(C)CC. The largest absolute Gasteiger partial charge is 0.0651 e. The maximum atomic E-state index is 2.46. The highest BCUT2D eigenvalue weighted by atomic mass is 14.1. The van der Waals surface area contributed by atoms with Crippen molar-refractivity contribution in [2.45, 2.75) is 53.4 Å². The van der Waals surface area contributed by atoms with E-state index < -0.39 is 0 Å². The highest BCUT2D eigenvalue weighted by Gasteiger charge is 2.01. The molecule has 11 heavy (non-hydrogen) atoms. The van der Waals surface area contributed by atoms with Gasteiger partial charge in [-0.3, -0.25) is 0 Å². The molecular formula is C11H23. The monoisotopic (exact) mass is 155 g/mol. The van der Waals surface area contributed by atoms with Crippen LogP contribution in [-0.4, -0.2) is 0 Å². The molecule has 2 atom stereocenters. The molecule has 0 N–H and O–H groups in total. The molecule has 0 aliphatic rings. The zero-order chi connectivity index (χ0) is 8.69. The Hall–Kier alpha value is 0. The van der Waals surface area contributed by atoms with Gasteiger partial charge in [0, 0.05) is 0 Å². The van der Waals surface area contributed by atoms with Crippen LogP contribution in [0, 0.1) is 18.3 Å². The maximum absolute atomic E-state index is 2.46. The molecule has 0 rings (SSSR count). The van der Waals surface area contributed by atoms with E-state index in [0.29, 0.717) is 0 Å². The van der Waals surface area contributed by atoms with Gasteiger partial charge in [-0.1, -0.05) is 47.0 Å². The van der Waals surface area contributed by atoms with E-state index in [1.807, 2.05) is 0 Å². The van der Waals surface area contributed by atoms with E-state index in [2.05, 4.69) is 34.1 Å². The van der Waals surface area contributed by atoms with Crippen molar-refractivity contribution in [3.05, 3.63) is 6.42 Å². The minimum absolute atomic E-state index is 0.819. The van der Waals surface area contributed by atoms with Gasteiger partial charge in [-0.2, -0.15) is 0 Å². The molecule has 0 saturated carbocycles. The Bertz CT molecular complexity index is 66.1. The van der Waals surface area contributed by atoms with E-state index in [4.69, 9.17) is 0 Å². The van der Waals surface area contributed by atoms with E-state index in [-0.39, 0.29) is 0 Å². The molecular weight excluding hydrogens is 132 g/mol. The predicted octanol–water partition coefficient (Wildman–Crippen LogP) is 4.06. The van der Waals surface area contributed by atoms with Crippen molar-refractivity contribution in [2.75, 3.05) is 0 Å². The third kappa shape index (κ3) is 6.40. The summed E-state index contributed by atoms with van der Waals surface area (Å²) in [6.07, 6.45) is 7.77. The predicted molar refractivity (Wildman–Crippen MR) is 52.4 cm³/mol. The summed E-state index contributed by atoms with van der Waals surface area (Å²) in [5.74, 6) is 1.73. The fourth-order valence-electron chi connectivity index (χ4n) is 1.04. The van der Waals surface area contributed by atoms with Crippen molar-refractivity contribution < 1.29 is 0 Å². The normalized spacial score (nSPS) is 16.4. The summed E-state index contributed by atoms with van der Waals surface area (Å²) in [7, 11) is 0. The molecule has 0 aromatic carbocycles. The second-order valence-corrected chi connectivity index (χ2v) is 3.71. The van der Waals surface area contributed by atoms with Gasteiger partial charge in [-0.15, -0.1) is 0 Å². The Labute approximate surface area is 72.4 Å².